The average molecular weight is 337 g/mol. The fraction of sp³-hybridized carbons (Fsp3) is 0.222. The highest BCUT2D eigenvalue weighted by molar-refractivity contribution is 5.77. The molecule has 3 aromatic rings. The van der Waals surface area contributed by atoms with Crippen molar-refractivity contribution in [2.45, 2.75) is 13.1 Å². The van der Waals surface area contributed by atoms with E-state index < -0.39 is 0 Å². The van der Waals surface area contributed by atoms with Crippen LogP contribution >= 0.6 is 0 Å². The Labute approximate surface area is 145 Å². The van der Waals surface area contributed by atoms with Crippen molar-refractivity contribution in [3.8, 4) is 11.5 Å². The molecule has 0 atom stereocenters. The Morgan fingerprint density at radius 2 is 2.04 bits per heavy atom. The molecule has 0 spiro atoms. The van der Waals surface area contributed by atoms with Gasteiger partial charge in [0, 0.05) is 24.5 Å². The Hall–Kier alpha value is -3.06. The van der Waals surface area contributed by atoms with Crippen LogP contribution < -0.4 is 5.32 Å². The lowest BCUT2D eigenvalue weighted by Crippen LogP contribution is -2.34. The maximum Gasteiger partial charge on any atom is 0.257 e. The molecule has 1 aromatic carbocycles. The van der Waals surface area contributed by atoms with Crippen molar-refractivity contribution in [1.82, 2.24) is 25.3 Å². The Balaban J connectivity index is 1.47. The highest BCUT2D eigenvalue weighted by Crippen LogP contribution is 2.15. The number of hydrogen-bond acceptors (Lipinski definition) is 6. The number of carbonyl (C=O) groups excluding carboxylic acids is 1. The Kier molecular flexibility index (Phi) is 5.48. The SMILES string of the molecule is CN(CC(=O)NCc1noc(-c2ccccc2)n1)Cc1cccnc1. The Morgan fingerprint density at radius 3 is 2.80 bits per heavy atom. The maximum absolute atomic E-state index is 12.0. The van der Waals surface area contributed by atoms with Gasteiger partial charge >= 0.3 is 0 Å². The van der Waals surface area contributed by atoms with E-state index in [0.717, 1.165) is 11.1 Å². The lowest BCUT2D eigenvalue weighted by atomic mass is 10.2. The molecule has 0 saturated heterocycles. The van der Waals surface area contributed by atoms with Crippen LogP contribution in [-0.4, -0.2) is 39.5 Å². The minimum atomic E-state index is -0.0996. The third-order valence-corrected chi connectivity index (χ3v) is 3.52. The first-order chi connectivity index (χ1) is 12.2. The van der Waals surface area contributed by atoms with E-state index in [1.54, 1.807) is 12.4 Å². The summed E-state index contributed by atoms with van der Waals surface area (Å²) >= 11 is 0. The zero-order chi connectivity index (χ0) is 17.5. The molecule has 0 aliphatic heterocycles. The molecule has 25 heavy (non-hydrogen) atoms. The van der Waals surface area contributed by atoms with Gasteiger partial charge in [-0.3, -0.25) is 14.7 Å². The Morgan fingerprint density at radius 1 is 1.20 bits per heavy atom. The molecular formula is C18H19N5O2. The summed E-state index contributed by atoms with van der Waals surface area (Å²) in [5.41, 5.74) is 1.91. The van der Waals surface area contributed by atoms with E-state index >= 15 is 0 Å². The summed E-state index contributed by atoms with van der Waals surface area (Å²) in [5.74, 6) is 0.790. The topological polar surface area (TPSA) is 84.2 Å². The first kappa shape index (κ1) is 16.8. The van der Waals surface area contributed by atoms with Crippen LogP contribution in [0.4, 0.5) is 0 Å². The molecule has 0 aliphatic rings. The van der Waals surface area contributed by atoms with Crippen LogP contribution in [0.25, 0.3) is 11.5 Å². The molecule has 3 rings (SSSR count). The fourth-order valence-corrected chi connectivity index (χ4v) is 2.36. The zero-order valence-corrected chi connectivity index (χ0v) is 13.9. The van der Waals surface area contributed by atoms with E-state index in [0.29, 0.717) is 18.3 Å². The van der Waals surface area contributed by atoms with E-state index in [1.807, 2.05) is 54.4 Å². The standard InChI is InChI=1S/C18H19N5O2/c1-23(12-14-6-5-9-19-10-14)13-17(24)20-11-16-21-18(25-22-16)15-7-3-2-4-8-15/h2-10H,11-13H2,1H3,(H,20,24). The van der Waals surface area contributed by atoms with Crippen LogP contribution in [0, 0.1) is 0 Å². The number of aromatic nitrogens is 3. The van der Waals surface area contributed by atoms with Gasteiger partial charge in [0.15, 0.2) is 5.82 Å². The first-order valence-corrected chi connectivity index (χ1v) is 7.93. The van der Waals surface area contributed by atoms with Crippen LogP contribution in [0.1, 0.15) is 11.4 Å². The molecule has 0 aliphatic carbocycles. The molecule has 1 amide bonds. The number of pyridine rings is 1. The summed E-state index contributed by atoms with van der Waals surface area (Å²) in [6.07, 6.45) is 3.52. The molecule has 128 valence electrons. The number of nitrogens with zero attached hydrogens (tertiary/aromatic N) is 4. The van der Waals surface area contributed by atoms with Crippen molar-refractivity contribution in [2.24, 2.45) is 0 Å². The number of amides is 1. The minimum absolute atomic E-state index is 0.0996. The molecule has 2 aromatic heterocycles. The van der Waals surface area contributed by atoms with Crippen LogP contribution in [-0.2, 0) is 17.9 Å². The van der Waals surface area contributed by atoms with Crippen LogP contribution in [0.2, 0.25) is 0 Å². The second kappa shape index (κ2) is 8.16. The number of nitrogens with one attached hydrogen (secondary N) is 1. The van der Waals surface area contributed by atoms with Gasteiger partial charge in [-0.15, -0.1) is 0 Å². The summed E-state index contributed by atoms with van der Waals surface area (Å²) in [6.45, 7) is 1.16. The molecule has 0 bridgehead atoms. The predicted octanol–water partition coefficient (Wildman–Crippen LogP) is 1.88. The van der Waals surface area contributed by atoms with E-state index in [2.05, 4.69) is 20.4 Å². The predicted molar refractivity (Wildman–Crippen MR) is 92.2 cm³/mol. The minimum Gasteiger partial charge on any atom is -0.348 e. The lowest BCUT2D eigenvalue weighted by molar-refractivity contribution is -0.122. The second-order valence-electron chi connectivity index (χ2n) is 5.69. The lowest BCUT2D eigenvalue weighted by Gasteiger charge is -2.15. The van der Waals surface area contributed by atoms with Crippen molar-refractivity contribution in [1.29, 1.82) is 0 Å². The van der Waals surface area contributed by atoms with Crippen LogP contribution in [0.15, 0.2) is 59.4 Å². The number of carbonyl (C=O) groups is 1. The van der Waals surface area contributed by atoms with Gasteiger partial charge in [-0.2, -0.15) is 4.98 Å². The number of hydrogen-bond donors (Lipinski definition) is 1. The average Bonchev–Trinajstić information content (AvgIpc) is 3.10. The summed E-state index contributed by atoms with van der Waals surface area (Å²) in [4.78, 5) is 22.3. The van der Waals surface area contributed by atoms with Crippen molar-refractivity contribution < 1.29 is 9.32 Å². The summed E-state index contributed by atoms with van der Waals surface area (Å²) in [5, 5.41) is 6.69. The van der Waals surface area contributed by atoms with E-state index in [1.165, 1.54) is 0 Å². The summed E-state index contributed by atoms with van der Waals surface area (Å²) < 4.78 is 5.21. The molecule has 1 N–H and O–H groups in total. The first-order valence-electron chi connectivity index (χ1n) is 7.93. The van der Waals surface area contributed by atoms with Crippen LogP contribution in [0.3, 0.4) is 0 Å². The van der Waals surface area contributed by atoms with Crippen molar-refractivity contribution in [3.05, 3.63) is 66.2 Å². The number of rotatable bonds is 7. The fourth-order valence-electron chi connectivity index (χ4n) is 2.36. The largest absolute Gasteiger partial charge is 0.348 e. The summed E-state index contributed by atoms with van der Waals surface area (Å²) in [6, 6.07) is 13.4. The van der Waals surface area contributed by atoms with E-state index in [-0.39, 0.29) is 19.0 Å². The summed E-state index contributed by atoms with van der Waals surface area (Å²) in [7, 11) is 1.88. The van der Waals surface area contributed by atoms with Crippen LogP contribution in [0.5, 0.6) is 0 Å². The van der Waals surface area contributed by atoms with Gasteiger partial charge in [0.05, 0.1) is 13.1 Å². The highest BCUT2D eigenvalue weighted by atomic mass is 16.5. The second-order valence-corrected chi connectivity index (χ2v) is 5.69. The van der Waals surface area contributed by atoms with Gasteiger partial charge in [-0.25, -0.2) is 0 Å². The van der Waals surface area contributed by atoms with E-state index in [4.69, 9.17) is 4.52 Å². The third-order valence-electron chi connectivity index (χ3n) is 3.52. The van der Waals surface area contributed by atoms with Gasteiger partial charge in [0.2, 0.25) is 5.91 Å². The van der Waals surface area contributed by atoms with Gasteiger partial charge in [-0.1, -0.05) is 29.4 Å². The van der Waals surface area contributed by atoms with Crippen molar-refractivity contribution in [2.75, 3.05) is 13.6 Å². The van der Waals surface area contributed by atoms with Gasteiger partial charge in [-0.05, 0) is 30.8 Å². The molecule has 0 unspecified atom stereocenters. The molecule has 7 heteroatoms. The Bertz CT molecular complexity index is 805. The van der Waals surface area contributed by atoms with Gasteiger partial charge in [0.25, 0.3) is 5.89 Å². The smallest absolute Gasteiger partial charge is 0.257 e. The van der Waals surface area contributed by atoms with Gasteiger partial charge in [0.1, 0.15) is 0 Å². The molecule has 2 heterocycles. The molecule has 7 nitrogen and oxygen atoms in total. The van der Waals surface area contributed by atoms with Gasteiger partial charge < -0.3 is 9.84 Å². The van der Waals surface area contributed by atoms with Crippen molar-refractivity contribution >= 4 is 5.91 Å². The molecule has 0 fully saturated rings. The third kappa shape index (κ3) is 4.95. The zero-order valence-electron chi connectivity index (χ0n) is 13.9. The quantitative estimate of drug-likeness (QED) is 0.709. The molecule has 0 saturated carbocycles. The maximum atomic E-state index is 12.0. The number of likely N-dealkylation sites (N-methyl/N-ethyl adjacent to an activating group) is 1. The number of benzene rings is 1. The molecule has 0 radical (unpaired) electrons. The normalized spacial score (nSPS) is 10.8. The molecular weight excluding hydrogens is 318 g/mol. The van der Waals surface area contributed by atoms with E-state index in [9.17, 15) is 4.79 Å². The highest BCUT2D eigenvalue weighted by Gasteiger charge is 2.11. The van der Waals surface area contributed by atoms with Crippen molar-refractivity contribution in [3.63, 3.8) is 0 Å². The monoisotopic (exact) mass is 337 g/mol.